The summed E-state index contributed by atoms with van der Waals surface area (Å²) in [4.78, 5) is 0. The van der Waals surface area contributed by atoms with Gasteiger partial charge in [-0.05, 0) is 31.4 Å². The van der Waals surface area contributed by atoms with Crippen LogP contribution in [0.4, 0.5) is 0 Å². The highest BCUT2D eigenvalue weighted by Crippen LogP contribution is 2.36. The highest BCUT2D eigenvalue weighted by molar-refractivity contribution is 5.44. The van der Waals surface area contributed by atoms with Crippen LogP contribution in [0.15, 0.2) is 18.2 Å². The standard InChI is InChI=1S/C14H18O4/c15-11-3-1-2-4-13(11)18-9-5-6-10-12(16)8-17-14(10)7-9/h5-7,11-13,15-16H,1-4,8H2. The van der Waals surface area contributed by atoms with E-state index in [1.54, 1.807) is 6.07 Å². The van der Waals surface area contributed by atoms with Crippen LogP contribution in [-0.4, -0.2) is 29.0 Å². The van der Waals surface area contributed by atoms with E-state index in [0.717, 1.165) is 31.2 Å². The van der Waals surface area contributed by atoms with Gasteiger partial charge in [-0.2, -0.15) is 0 Å². The lowest BCUT2D eigenvalue weighted by Crippen LogP contribution is -2.34. The summed E-state index contributed by atoms with van der Waals surface area (Å²) in [6.45, 7) is 0.310. The molecule has 3 unspecified atom stereocenters. The molecule has 1 saturated carbocycles. The summed E-state index contributed by atoms with van der Waals surface area (Å²) in [6, 6.07) is 5.46. The number of rotatable bonds is 2. The second kappa shape index (κ2) is 4.78. The van der Waals surface area contributed by atoms with Crippen molar-refractivity contribution in [2.45, 2.75) is 44.0 Å². The molecule has 18 heavy (non-hydrogen) atoms. The summed E-state index contributed by atoms with van der Waals surface area (Å²) in [5.74, 6) is 1.39. The van der Waals surface area contributed by atoms with Gasteiger partial charge in [0, 0.05) is 11.6 Å². The van der Waals surface area contributed by atoms with Crippen LogP contribution in [0, 0.1) is 0 Å². The molecule has 0 bridgehead atoms. The second-order valence-electron chi connectivity index (χ2n) is 5.03. The first kappa shape index (κ1) is 11.8. The van der Waals surface area contributed by atoms with Gasteiger partial charge in [0.25, 0.3) is 0 Å². The molecule has 1 aromatic rings. The fourth-order valence-electron chi connectivity index (χ4n) is 2.64. The Hall–Kier alpha value is -1.26. The van der Waals surface area contributed by atoms with Gasteiger partial charge in [0.15, 0.2) is 0 Å². The monoisotopic (exact) mass is 250 g/mol. The maximum absolute atomic E-state index is 9.87. The van der Waals surface area contributed by atoms with E-state index in [0.29, 0.717) is 18.1 Å². The van der Waals surface area contributed by atoms with Gasteiger partial charge in [-0.3, -0.25) is 0 Å². The van der Waals surface area contributed by atoms with E-state index in [4.69, 9.17) is 9.47 Å². The van der Waals surface area contributed by atoms with Crippen molar-refractivity contribution in [1.29, 1.82) is 0 Å². The van der Waals surface area contributed by atoms with Gasteiger partial charge in [-0.15, -0.1) is 0 Å². The zero-order chi connectivity index (χ0) is 12.5. The predicted molar refractivity (Wildman–Crippen MR) is 65.8 cm³/mol. The van der Waals surface area contributed by atoms with E-state index < -0.39 is 6.10 Å². The Labute approximate surface area is 106 Å². The summed E-state index contributed by atoms with van der Waals surface area (Å²) < 4.78 is 11.2. The zero-order valence-corrected chi connectivity index (χ0v) is 10.2. The molecule has 0 saturated heterocycles. The topological polar surface area (TPSA) is 58.9 Å². The summed E-state index contributed by atoms with van der Waals surface area (Å²) in [7, 11) is 0. The molecule has 1 fully saturated rings. The quantitative estimate of drug-likeness (QED) is 0.840. The average Bonchev–Trinajstić information content (AvgIpc) is 2.74. The van der Waals surface area contributed by atoms with E-state index in [-0.39, 0.29) is 12.2 Å². The maximum atomic E-state index is 9.87. The van der Waals surface area contributed by atoms with Crippen LogP contribution < -0.4 is 9.47 Å². The maximum Gasteiger partial charge on any atom is 0.129 e. The lowest BCUT2D eigenvalue weighted by molar-refractivity contribution is 0.00679. The summed E-state index contributed by atoms with van der Waals surface area (Å²) in [5.41, 5.74) is 0.812. The van der Waals surface area contributed by atoms with E-state index >= 15 is 0 Å². The average molecular weight is 250 g/mol. The first-order chi connectivity index (χ1) is 8.74. The van der Waals surface area contributed by atoms with Crippen LogP contribution in [0.25, 0.3) is 0 Å². The van der Waals surface area contributed by atoms with Crippen molar-refractivity contribution in [3.05, 3.63) is 23.8 Å². The number of hydrogen-bond acceptors (Lipinski definition) is 4. The Morgan fingerprint density at radius 3 is 2.83 bits per heavy atom. The molecule has 1 heterocycles. The molecule has 1 aliphatic heterocycles. The van der Waals surface area contributed by atoms with E-state index in [2.05, 4.69) is 0 Å². The Morgan fingerprint density at radius 2 is 2.00 bits per heavy atom. The molecule has 1 aliphatic carbocycles. The smallest absolute Gasteiger partial charge is 0.129 e. The van der Waals surface area contributed by atoms with Crippen LogP contribution in [0.1, 0.15) is 37.4 Å². The van der Waals surface area contributed by atoms with Crippen molar-refractivity contribution in [3.8, 4) is 11.5 Å². The number of benzene rings is 1. The van der Waals surface area contributed by atoms with Gasteiger partial charge in [0.05, 0.1) is 6.10 Å². The van der Waals surface area contributed by atoms with Gasteiger partial charge >= 0.3 is 0 Å². The largest absolute Gasteiger partial charge is 0.490 e. The molecule has 0 amide bonds. The molecule has 0 radical (unpaired) electrons. The molecule has 0 spiro atoms. The third-order valence-electron chi connectivity index (χ3n) is 3.70. The van der Waals surface area contributed by atoms with E-state index in [1.165, 1.54) is 0 Å². The first-order valence-electron chi connectivity index (χ1n) is 6.53. The summed E-state index contributed by atoms with van der Waals surface area (Å²) in [5, 5.41) is 19.5. The molecule has 0 aromatic heterocycles. The van der Waals surface area contributed by atoms with Gasteiger partial charge < -0.3 is 19.7 Å². The SMILES string of the molecule is OC1COc2cc(OC3CCCCC3O)ccc21. The number of aliphatic hydroxyl groups excluding tert-OH is 2. The van der Waals surface area contributed by atoms with Gasteiger partial charge in [0.1, 0.15) is 30.3 Å². The molecule has 2 aliphatic rings. The number of hydrogen-bond donors (Lipinski definition) is 2. The molecule has 1 aromatic carbocycles. The lowest BCUT2D eigenvalue weighted by Gasteiger charge is -2.28. The minimum absolute atomic E-state index is 0.122. The minimum atomic E-state index is -0.533. The van der Waals surface area contributed by atoms with Crippen LogP contribution >= 0.6 is 0 Å². The van der Waals surface area contributed by atoms with Gasteiger partial charge in [-0.1, -0.05) is 6.42 Å². The van der Waals surface area contributed by atoms with Crippen LogP contribution in [0.2, 0.25) is 0 Å². The highest BCUT2D eigenvalue weighted by atomic mass is 16.5. The Bertz CT molecular complexity index is 432. The minimum Gasteiger partial charge on any atom is -0.490 e. The number of fused-ring (bicyclic) bond motifs is 1. The first-order valence-corrected chi connectivity index (χ1v) is 6.53. The number of aliphatic hydroxyl groups is 2. The lowest BCUT2D eigenvalue weighted by atomic mass is 9.95. The van der Waals surface area contributed by atoms with Crippen molar-refractivity contribution in [2.24, 2.45) is 0 Å². The normalized spacial score (nSPS) is 30.7. The highest BCUT2D eigenvalue weighted by Gasteiger charge is 2.26. The Morgan fingerprint density at radius 1 is 1.17 bits per heavy atom. The van der Waals surface area contributed by atoms with E-state index in [9.17, 15) is 10.2 Å². The van der Waals surface area contributed by atoms with Crippen molar-refractivity contribution >= 4 is 0 Å². The molecule has 98 valence electrons. The molecule has 2 N–H and O–H groups in total. The van der Waals surface area contributed by atoms with E-state index in [1.807, 2.05) is 12.1 Å². The Kier molecular flexibility index (Phi) is 3.14. The van der Waals surface area contributed by atoms with Crippen molar-refractivity contribution in [1.82, 2.24) is 0 Å². The van der Waals surface area contributed by atoms with Crippen LogP contribution in [0.3, 0.4) is 0 Å². The zero-order valence-electron chi connectivity index (χ0n) is 10.2. The fourth-order valence-corrected chi connectivity index (χ4v) is 2.64. The van der Waals surface area contributed by atoms with Gasteiger partial charge in [-0.25, -0.2) is 0 Å². The second-order valence-corrected chi connectivity index (χ2v) is 5.03. The molecule has 3 rings (SSSR count). The predicted octanol–water partition coefficient (Wildman–Crippen LogP) is 1.79. The third-order valence-corrected chi connectivity index (χ3v) is 3.70. The third kappa shape index (κ3) is 2.18. The summed E-state index contributed by atoms with van der Waals surface area (Å²) >= 11 is 0. The molecule has 3 atom stereocenters. The van der Waals surface area contributed by atoms with Crippen LogP contribution in [0.5, 0.6) is 11.5 Å². The number of ether oxygens (including phenoxy) is 2. The van der Waals surface area contributed by atoms with Crippen molar-refractivity contribution in [3.63, 3.8) is 0 Å². The summed E-state index contributed by atoms with van der Waals surface area (Å²) in [6.07, 6.45) is 2.84. The van der Waals surface area contributed by atoms with Crippen molar-refractivity contribution < 1.29 is 19.7 Å². The Balaban J connectivity index is 1.73. The molecule has 4 nitrogen and oxygen atoms in total. The van der Waals surface area contributed by atoms with Crippen molar-refractivity contribution in [2.75, 3.05) is 6.61 Å². The molecule has 4 heteroatoms. The fraction of sp³-hybridized carbons (Fsp3) is 0.571. The van der Waals surface area contributed by atoms with Gasteiger partial charge in [0.2, 0.25) is 0 Å². The van der Waals surface area contributed by atoms with Crippen LogP contribution in [-0.2, 0) is 0 Å². The molecular formula is C14H18O4. The molecular weight excluding hydrogens is 232 g/mol.